The molecule has 3 rings (SSSR count). The number of hydrogen-bond donors (Lipinski definition) is 2. The van der Waals surface area contributed by atoms with Crippen molar-refractivity contribution in [3.05, 3.63) is 52.6 Å². The number of carbonyl (C=O) groups excluding carboxylic acids is 2. The Labute approximate surface area is 152 Å². The Bertz CT molecular complexity index is 806. The lowest BCUT2D eigenvalue weighted by Crippen LogP contribution is -2.39. The summed E-state index contributed by atoms with van der Waals surface area (Å²) in [5.41, 5.74) is 5.32. The molecule has 1 aliphatic heterocycles. The van der Waals surface area contributed by atoms with E-state index in [0.29, 0.717) is 31.9 Å². The van der Waals surface area contributed by atoms with Crippen LogP contribution in [0.25, 0.3) is 0 Å². The van der Waals surface area contributed by atoms with Gasteiger partial charge in [0, 0.05) is 19.3 Å². The van der Waals surface area contributed by atoms with Gasteiger partial charge in [-0.25, -0.2) is 10.5 Å². The summed E-state index contributed by atoms with van der Waals surface area (Å²) in [5.74, 6) is 0.0833. The molecule has 0 bridgehead atoms. The molecule has 0 fully saturated rings. The molecule has 1 aromatic carbocycles. The molecule has 138 valence electrons. The number of hydroxylamine groups is 1. The number of amides is 2. The summed E-state index contributed by atoms with van der Waals surface area (Å²) in [7, 11) is 0. The largest absolute Gasteiger partial charge is 0.333 e. The molecular formula is C19H24N4O3. The third-order valence-electron chi connectivity index (χ3n) is 4.95. The van der Waals surface area contributed by atoms with Crippen molar-refractivity contribution in [2.24, 2.45) is 0 Å². The lowest BCUT2D eigenvalue weighted by molar-refractivity contribution is -0.132. The summed E-state index contributed by atoms with van der Waals surface area (Å²) in [6.07, 6.45) is 3.79. The lowest BCUT2D eigenvalue weighted by atomic mass is 9.94. The first-order chi connectivity index (χ1) is 12.6. The van der Waals surface area contributed by atoms with E-state index in [1.165, 1.54) is 11.1 Å². The number of nitrogens with one attached hydrogen (secondary N) is 1. The van der Waals surface area contributed by atoms with Gasteiger partial charge >= 0.3 is 0 Å². The summed E-state index contributed by atoms with van der Waals surface area (Å²) < 4.78 is 1.85. The maximum Gasteiger partial charge on any atom is 0.294 e. The van der Waals surface area contributed by atoms with Crippen molar-refractivity contribution in [3.8, 4) is 0 Å². The van der Waals surface area contributed by atoms with E-state index in [0.717, 1.165) is 18.4 Å². The van der Waals surface area contributed by atoms with Crippen molar-refractivity contribution in [3.63, 3.8) is 0 Å². The number of rotatable bonds is 5. The molecule has 7 heteroatoms. The fourth-order valence-corrected chi connectivity index (χ4v) is 3.47. The Balaban J connectivity index is 1.76. The molecule has 7 nitrogen and oxygen atoms in total. The number of imidazole rings is 1. The molecule has 2 N–H and O–H groups in total. The van der Waals surface area contributed by atoms with Gasteiger partial charge in [-0.2, -0.15) is 0 Å². The first kappa shape index (κ1) is 18.1. The number of nitrogens with zero attached hydrogens (tertiary/aromatic N) is 3. The minimum absolute atomic E-state index is 0.0722. The molecule has 0 saturated heterocycles. The van der Waals surface area contributed by atoms with Crippen LogP contribution in [0.4, 0.5) is 0 Å². The van der Waals surface area contributed by atoms with Gasteiger partial charge in [-0.05, 0) is 29.5 Å². The second-order valence-corrected chi connectivity index (χ2v) is 6.43. The van der Waals surface area contributed by atoms with Crippen molar-refractivity contribution in [1.82, 2.24) is 19.9 Å². The fourth-order valence-electron chi connectivity index (χ4n) is 3.47. The van der Waals surface area contributed by atoms with E-state index in [2.05, 4.69) is 37.0 Å². The Morgan fingerprint density at radius 1 is 1.19 bits per heavy atom. The van der Waals surface area contributed by atoms with Crippen LogP contribution in [0.15, 0.2) is 24.4 Å². The number of benzene rings is 1. The molecule has 0 radical (unpaired) electrons. The quantitative estimate of drug-likeness (QED) is 0.631. The minimum Gasteiger partial charge on any atom is -0.333 e. The maximum absolute atomic E-state index is 12.9. The highest BCUT2D eigenvalue weighted by atomic mass is 16.5. The first-order valence-corrected chi connectivity index (χ1v) is 8.95. The Morgan fingerprint density at radius 3 is 2.50 bits per heavy atom. The van der Waals surface area contributed by atoms with E-state index >= 15 is 0 Å². The Hall–Kier alpha value is -2.67. The Kier molecular flexibility index (Phi) is 5.37. The predicted octanol–water partition coefficient (Wildman–Crippen LogP) is 1.71. The molecule has 2 amide bonds. The number of aryl methyl sites for hydroxylation is 2. The van der Waals surface area contributed by atoms with Gasteiger partial charge in [0.1, 0.15) is 11.5 Å². The standard InChI is InChI=1S/C19H24N4O3/c1-3-13-6-5-7-14(4-2)15(13)10-18(24)23-9-8-22-11-16(19(25)21-26)20-17(22)12-23/h5-7,11,26H,3-4,8-10,12H2,1-2H3,(H,21,25). The molecule has 0 spiro atoms. The summed E-state index contributed by atoms with van der Waals surface area (Å²) in [6, 6.07) is 6.23. The molecule has 26 heavy (non-hydrogen) atoms. The van der Waals surface area contributed by atoms with Crippen LogP contribution in [0.1, 0.15) is 46.9 Å². The normalized spacial score (nSPS) is 13.4. The molecule has 0 saturated carbocycles. The van der Waals surface area contributed by atoms with Gasteiger partial charge in [-0.15, -0.1) is 0 Å². The fraction of sp³-hybridized carbons (Fsp3) is 0.421. The summed E-state index contributed by atoms with van der Waals surface area (Å²) in [4.78, 5) is 30.4. The van der Waals surface area contributed by atoms with Crippen molar-refractivity contribution in [2.75, 3.05) is 6.54 Å². The van der Waals surface area contributed by atoms with Crippen LogP contribution >= 0.6 is 0 Å². The zero-order valence-corrected chi connectivity index (χ0v) is 15.2. The van der Waals surface area contributed by atoms with Gasteiger partial charge in [0.2, 0.25) is 5.91 Å². The smallest absolute Gasteiger partial charge is 0.294 e. The third kappa shape index (κ3) is 3.48. The lowest BCUT2D eigenvalue weighted by Gasteiger charge is -2.28. The second-order valence-electron chi connectivity index (χ2n) is 6.43. The van der Waals surface area contributed by atoms with Gasteiger partial charge in [0.25, 0.3) is 5.91 Å². The van der Waals surface area contributed by atoms with Crippen LogP contribution in [0.5, 0.6) is 0 Å². The third-order valence-corrected chi connectivity index (χ3v) is 4.95. The number of fused-ring (bicyclic) bond motifs is 1. The highest BCUT2D eigenvalue weighted by molar-refractivity contribution is 5.91. The zero-order chi connectivity index (χ0) is 18.7. The Morgan fingerprint density at radius 2 is 1.88 bits per heavy atom. The zero-order valence-electron chi connectivity index (χ0n) is 15.2. The van der Waals surface area contributed by atoms with Crippen molar-refractivity contribution < 1.29 is 14.8 Å². The van der Waals surface area contributed by atoms with E-state index in [-0.39, 0.29) is 11.6 Å². The van der Waals surface area contributed by atoms with Crippen LogP contribution in [0, 0.1) is 0 Å². The SMILES string of the molecule is CCc1cccc(CC)c1CC(=O)N1CCn2cc(C(=O)NO)nc2C1. The second kappa shape index (κ2) is 7.70. The molecular weight excluding hydrogens is 332 g/mol. The number of carbonyl (C=O) groups is 2. The minimum atomic E-state index is -0.644. The summed E-state index contributed by atoms with van der Waals surface area (Å²) >= 11 is 0. The molecule has 2 aromatic rings. The average molecular weight is 356 g/mol. The average Bonchev–Trinajstić information content (AvgIpc) is 3.10. The molecule has 2 heterocycles. The van der Waals surface area contributed by atoms with Crippen molar-refractivity contribution in [2.45, 2.75) is 46.2 Å². The van der Waals surface area contributed by atoms with Crippen LogP contribution in [0.3, 0.4) is 0 Å². The molecule has 1 aromatic heterocycles. The highest BCUT2D eigenvalue weighted by Crippen LogP contribution is 2.20. The van der Waals surface area contributed by atoms with Crippen molar-refractivity contribution >= 4 is 11.8 Å². The number of hydrogen-bond acceptors (Lipinski definition) is 4. The van der Waals surface area contributed by atoms with Gasteiger partial charge in [0.15, 0.2) is 0 Å². The topological polar surface area (TPSA) is 87.5 Å². The van der Waals surface area contributed by atoms with E-state index in [1.807, 2.05) is 4.57 Å². The monoisotopic (exact) mass is 356 g/mol. The first-order valence-electron chi connectivity index (χ1n) is 8.95. The molecule has 0 aliphatic carbocycles. The molecule has 1 aliphatic rings. The van der Waals surface area contributed by atoms with Crippen LogP contribution in [0.2, 0.25) is 0 Å². The van der Waals surface area contributed by atoms with Gasteiger partial charge < -0.3 is 9.47 Å². The molecule has 0 atom stereocenters. The highest BCUT2D eigenvalue weighted by Gasteiger charge is 2.25. The summed E-state index contributed by atoms with van der Waals surface area (Å²) in [5, 5.41) is 8.74. The summed E-state index contributed by atoms with van der Waals surface area (Å²) in [6.45, 7) is 5.75. The van der Waals surface area contributed by atoms with Crippen LogP contribution in [-0.4, -0.2) is 38.0 Å². The van der Waals surface area contributed by atoms with Gasteiger partial charge in [-0.3, -0.25) is 14.8 Å². The maximum atomic E-state index is 12.9. The van der Waals surface area contributed by atoms with Crippen LogP contribution in [-0.2, 0) is 37.1 Å². The van der Waals surface area contributed by atoms with Gasteiger partial charge in [0.05, 0.1) is 13.0 Å². The molecule has 0 unspecified atom stereocenters. The number of aromatic nitrogens is 2. The van der Waals surface area contributed by atoms with Crippen molar-refractivity contribution in [1.29, 1.82) is 0 Å². The van der Waals surface area contributed by atoms with E-state index in [1.54, 1.807) is 16.6 Å². The van der Waals surface area contributed by atoms with E-state index in [4.69, 9.17) is 5.21 Å². The van der Waals surface area contributed by atoms with E-state index in [9.17, 15) is 9.59 Å². The van der Waals surface area contributed by atoms with Gasteiger partial charge in [-0.1, -0.05) is 32.0 Å². The van der Waals surface area contributed by atoms with Crippen LogP contribution < -0.4 is 5.48 Å². The van der Waals surface area contributed by atoms with E-state index < -0.39 is 5.91 Å². The predicted molar refractivity (Wildman–Crippen MR) is 95.8 cm³/mol.